The summed E-state index contributed by atoms with van der Waals surface area (Å²) in [4.78, 5) is 12.1. The molecule has 0 aliphatic heterocycles. The standard InChI is InChI=1S/C21H15N3O4S/c25-24(26)17-8-5-9-18(13-17)29(27,28)23-22-14-21-19-10-3-1-6-15(19)12-16-7-2-4-11-20(16)21/h1-14,23H/b22-14-. The summed E-state index contributed by atoms with van der Waals surface area (Å²) >= 11 is 0. The zero-order valence-corrected chi connectivity index (χ0v) is 15.8. The summed E-state index contributed by atoms with van der Waals surface area (Å²) in [5.74, 6) is 0. The Morgan fingerprint density at radius 3 is 2.10 bits per heavy atom. The molecule has 0 unspecified atom stereocenters. The second-order valence-corrected chi connectivity index (χ2v) is 8.00. The molecule has 29 heavy (non-hydrogen) atoms. The number of nitro groups is 1. The summed E-state index contributed by atoms with van der Waals surface area (Å²) in [5, 5.41) is 18.7. The molecule has 0 aliphatic carbocycles. The molecule has 0 amide bonds. The van der Waals surface area contributed by atoms with Crippen molar-refractivity contribution < 1.29 is 13.3 Å². The molecule has 0 fully saturated rings. The van der Waals surface area contributed by atoms with Gasteiger partial charge in [-0.3, -0.25) is 10.1 Å². The number of nitro benzene ring substituents is 1. The summed E-state index contributed by atoms with van der Waals surface area (Å²) in [5.41, 5.74) is 0.470. The Bertz CT molecular complexity index is 1330. The van der Waals surface area contributed by atoms with Crippen molar-refractivity contribution in [3.05, 3.63) is 94.5 Å². The molecule has 0 aromatic heterocycles. The van der Waals surface area contributed by atoms with Crippen LogP contribution in [-0.2, 0) is 10.0 Å². The molecule has 4 aromatic carbocycles. The number of rotatable bonds is 5. The molecule has 8 heteroatoms. The van der Waals surface area contributed by atoms with Gasteiger partial charge in [0.15, 0.2) is 0 Å². The Labute approximate surface area is 166 Å². The van der Waals surface area contributed by atoms with Crippen LogP contribution in [0.15, 0.2) is 88.9 Å². The summed E-state index contributed by atoms with van der Waals surface area (Å²) in [7, 11) is -4.05. The monoisotopic (exact) mass is 405 g/mol. The summed E-state index contributed by atoms with van der Waals surface area (Å²) in [6.45, 7) is 0. The van der Waals surface area contributed by atoms with Gasteiger partial charge in [0.2, 0.25) is 0 Å². The predicted molar refractivity (Wildman–Crippen MR) is 112 cm³/mol. The van der Waals surface area contributed by atoms with Crippen LogP contribution in [0.2, 0.25) is 0 Å². The molecule has 1 N–H and O–H groups in total. The van der Waals surface area contributed by atoms with Crippen molar-refractivity contribution in [2.75, 3.05) is 0 Å². The first-order valence-electron chi connectivity index (χ1n) is 8.65. The van der Waals surface area contributed by atoms with Crippen molar-refractivity contribution >= 4 is 43.5 Å². The smallest absolute Gasteiger partial charge is 0.258 e. The molecule has 0 spiro atoms. The lowest BCUT2D eigenvalue weighted by Gasteiger charge is -2.08. The second kappa shape index (κ2) is 7.33. The first-order chi connectivity index (χ1) is 14.0. The second-order valence-electron chi connectivity index (χ2n) is 6.34. The van der Waals surface area contributed by atoms with E-state index in [4.69, 9.17) is 0 Å². The third kappa shape index (κ3) is 3.65. The molecule has 0 saturated carbocycles. The largest absolute Gasteiger partial charge is 0.276 e. The highest BCUT2D eigenvalue weighted by atomic mass is 32.2. The number of hydrogen-bond donors (Lipinski definition) is 1. The maximum Gasteiger partial charge on any atom is 0.276 e. The fraction of sp³-hybridized carbons (Fsp3) is 0. The average Bonchev–Trinajstić information content (AvgIpc) is 2.73. The Morgan fingerprint density at radius 1 is 0.862 bits per heavy atom. The average molecular weight is 405 g/mol. The SMILES string of the molecule is O=[N+]([O-])c1cccc(S(=O)(=O)N/N=C\c2c3ccccc3cc3ccccc23)c1. The van der Waals surface area contributed by atoms with E-state index in [0.717, 1.165) is 33.2 Å². The Kier molecular flexibility index (Phi) is 4.69. The minimum atomic E-state index is -4.05. The summed E-state index contributed by atoms with van der Waals surface area (Å²) < 4.78 is 25.0. The Morgan fingerprint density at radius 2 is 1.48 bits per heavy atom. The van der Waals surface area contributed by atoms with Crippen molar-refractivity contribution in [1.82, 2.24) is 4.83 Å². The van der Waals surface area contributed by atoms with Crippen LogP contribution in [0.4, 0.5) is 5.69 Å². The van der Waals surface area contributed by atoms with Crippen LogP contribution in [0, 0.1) is 10.1 Å². The lowest BCUT2D eigenvalue weighted by Crippen LogP contribution is -2.18. The molecule has 0 radical (unpaired) electrons. The number of fused-ring (bicyclic) bond motifs is 2. The molecule has 0 bridgehead atoms. The number of benzene rings is 4. The van der Waals surface area contributed by atoms with Gasteiger partial charge >= 0.3 is 0 Å². The fourth-order valence-electron chi connectivity index (χ4n) is 3.17. The highest BCUT2D eigenvalue weighted by Gasteiger charge is 2.17. The summed E-state index contributed by atoms with van der Waals surface area (Å²) in [6.07, 6.45) is 1.46. The maximum absolute atomic E-state index is 12.5. The van der Waals surface area contributed by atoms with Gasteiger partial charge in [0.1, 0.15) is 0 Å². The molecule has 0 aliphatic rings. The van der Waals surface area contributed by atoms with E-state index in [2.05, 4.69) is 16.0 Å². The van der Waals surface area contributed by atoms with E-state index in [0.29, 0.717) is 0 Å². The van der Waals surface area contributed by atoms with Gasteiger partial charge in [-0.15, -0.1) is 0 Å². The van der Waals surface area contributed by atoms with E-state index in [1.54, 1.807) is 0 Å². The van der Waals surface area contributed by atoms with Gasteiger partial charge < -0.3 is 0 Å². The van der Waals surface area contributed by atoms with Crippen molar-refractivity contribution in [1.29, 1.82) is 0 Å². The molecule has 4 rings (SSSR count). The lowest BCUT2D eigenvalue weighted by atomic mass is 9.97. The normalized spacial score (nSPS) is 11.9. The molecular formula is C21H15N3O4S. The van der Waals surface area contributed by atoms with Crippen LogP contribution >= 0.6 is 0 Å². The third-order valence-electron chi connectivity index (χ3n) is 4.52. The maximum atomic E-state index is 12.5. The van der Waals surface area contributed by atoms with Crippen molar-refractivity contribution in [3.63, 3.8) is 0 Å². The van der Waals surface area contributed by atoms with Gasteiger partial charge in [0.25, 0.3) is 15.7 Å². The molecular weight excluding hydrogens is 390 g/mol. The van der Waals surface area contributed by atoms with Crippen LogP contribution in [-0.4, -0.2) is 19.6 Å². The van der Waals surface area contributed by atoms with Crippen LogP contribution in [0.5, 0.6) is 0 Å². The molecule has 0 heterocycles. The molecule has 144 valence electrons. The molecule has 7 nitrogen and oxygen atoms in total. The van der Waals surface area contributed by atoms with Crippen LogP contribution in [0.25, 0.3) is 21.5 Å². The zero-order valence-electron chi connectivity index (χ0n) is 15.0. The van der Waals surface area contributed by atoms with E-state index >= 15 is 0 Å². The van der Waals surface area contributed by atoms with Crippen molar-refractivity contribution in [2.45, 2.75) is 4.90 Å². The van der Waals surface area contributed by atoms with Gasteiger partial charge in [-0.2, -0.15) is 13.5 Å². The fourth-order valence-corrected chi connectivity index (χ4v) is 4.00. The van der Waals surface area contributed by atoms with Crippen molar-refractivity contribution in [2.24, 2.45) is 5.10 Å². The van der Waals surface area contributed by atoms with E-state index in [1.165, 1.54) is 24.4 Å². The lowest BCUT2D eigenvalue weighted by molar-refractivity contribution is -0.385. The van der Waals surface area contributed by atoms with Crippen LogP contribution in [0.3, 0.4) is 0 Å². The number of hydrazone groups is 1. The first kappa shape index (κ1) is 18.6. The highest BCUT2D eigenvalue weighted by Crippen LogP contribution is 2.27. The molecule has 0 atom stereocenters. The van der Waals surface area contributed by atoms with Crippen LogP contribution in [0.1, 0.15) is 5.56 Å². The van der Waals surface area contributed by atoms with Gasteiger partial charge in [0, 0.05) is 17.7 Å². The quantitative estimate of drug-likeness (QED) is 0.232. The van der Waals surface area contributed by atoms with Gasteiger partial charge in [-0.25, -0.2) is 4.83 Å². The predicted octanol–water partition coefficient (Wildman–Crippen LogP) is 4.21. The van der Waals surface area contributed by atoms with Gasteiger partial charge in [-0.05, 0) is 33.7 Å². The van der Waals surface area contributed by atoms with E-state index < -0.39 is 14.9 Å². The zero-order chi connectivity index (χ0) is 20.4. The Hall–Kier alpha value is -3.78. The molecule has 0 saturated heterocycles. The van der Waals surface area contributed by atoms with E-state index in [9.17, 15) is 18.5 Å². The number of hydrogen-bond acceptors (Lipinski definition) is 5. The number of nitrogens with zero attached hydrogens (tertiary/aromatic N) is 2. The third-order valence-corrected chi connectivity index (χ3v) is 5.74. The summed E-state index contributed by atoms with van der Waals surface area (Å²) in [6, 6.07) is 22.4. The van der Waals surface area contributed by atoms with Crippen molar-refractivity contribution in [3.8, 4) is 0 Å². The van der Waals surface area contributed by atoms with Gasteiger partial charge in [-0.1, -0.05) is 54.6 Å². The van der Waals surface area contributed by atoms with E-state index in [1.807, 2.05) is 48.5 Å². The highest BCUT2D eigenvalue weighted by molar-refractivity contribution is 7.89. The van der Waals surface area contributed by atoms with E-state index in [-0.39, 0.29) is 10.6 Å². The molecule has 4 aromatic rings. The topological polar surface area (TPSA) is 102 Å². The minimum absolute atomic E-state index is 0.230. The number of non-ortho nitro benzene ring substituents is 1. The first-order valence-corrected chi connectivity index (χ1v) is 10.1. The Balaban J connectivity index is 1.73. The van der Waals surface area contributed by atoms with Gasteiger partial charge in [0.05, 0.1) is 16.0 Å². The number of nitrogens with one attached hydrogen (secondary N) is 1. The minimum Gasteiger partial charge on any atom is -0.258 e. The number of sulfonamides is 1. The van der Waals surface area contributed by atoms with Crippen LogP contribution < -0.4 is 4.83 Å².